The molecule has 1 amide bonds. The Labute approximate surface area is 148 Å². The number of phenols is 1. The fourth-order valence-corrected chi connectivity index (χ4v) is 3.36. The van der Waals surface area contributed by atoms with Gasteiger partial charge in [0.05, 0.1) is 12.7 Å². The molecule has 1 aliphatic rings. The molecular formula is C17H17N3O4S. The van der Waals surface area contributed by atoms with Crippen molar-refractivity contribution < 1.29 is 14.6 Å². The SMILES string of the molecule is C=CCSc1nc2c(c(=O)[nH]1)C(c1ccc(OC)c(O)c1)CC(=O)N2. The van der Waals surface area contributed by atoms with Gasteiger partial charge in [0.25, 0.3) is 5.56 Å². The van der Waals surface area contributed by atoms with Crippen LogP contribution in [0.5, 0.6) is 11.5 Å². The van der Waals surface area contributed by atoms with E-state index in [1.54, 1.807) is 18.2 Å². The summed E-state index contributed by atoms with van der Waals surface area (Å²) in [4.78, 5) is 31.7. The summed E-state index contributed by atoms with van der Waals surface area (Å²) in [7, 11) is 1.45. The molecule has 1 aromatic heterocycles. The summed E-state index contributed by atoms with van der Waals surface area (Å²) in [5.41, 5.74) is 0.720. The van der Waals surface area contributed by atoms with E-state index in [-0.39, 0.29) is 29.5 Å². The van der Waals surface area contributed by atoms with Crippen molar-refractivity contribution in [2.45, 2.75) is 17.5 Å². The van der Waals surface area contributed by atoms with E-state index in [1.165, 1.54) is 24.9 Å². The highest BCUT2D eigenvalue weighted by molar-refractivity contribution is 7.99. The molecule has 8 heteroatoms. The smallest absolute Gasteiger partial charge is 0.257 e. The number of benzene rings is 1. The molecule has 7 nitrogen and oxygen atoms in total. The summed E-state index contributed by atoms with van der Waals surface area (Å²) in [6, 6.07) is 4.84. The third-order valence-electron chi connectivity index (χ3n) is 3.87. The Morgan fingerprint density at radius 2 is 2.28 bits per heavy atom. The summed E-state index contributed by atoms with van der Waals surface area (Å²) in [5, 5.41) is 13.1. The molecule has 1 aliphatic heterocycles. The van der Waals surface area contributed by atoms with Gasteiger partial charge in [-0.3, -0.25) is 9.59 Å². The molecule has 0 bridgehead atoms. The van der Waals surface area contributed by atoms with Crippen molar-refractivity contribution in [3.63, 3.8) is 0 Å². The maximum absolute atomic E-state index is 12.6. The van der Waals surface area contributed by atoms with Crippen molar-refractivity contribution in [2.75, 3.05) is 18.2 Å². The number of hydrogen-bond donors (Lipinski definition) is 3. The van der Waals surface area contributed by atoms with E-state index in [9.17, 15) is 14.7 Å². The Bertz CT molecular complexity index is 894. The van der Waals surface area contributed by atoms with Crippen LogP contribution in [0.15, 0.2) is 40.8 Å². The molecule has 1 aromatic carbocycles. The van der Waals surface area contributed by atoms with Gasteiger partial charge in [0.1, 0.15) is 5.82 Å². The number of rotatable bonds is 5. The highest BCUT2D eigenvalue weighted by Crippen LogP contribution is 2.37. The van der Waals surface area contributed by atoms with E-state index in [0.717, 1.165) is 0 Å². The number of phenolic OH excluding ortho intramolecular Hbond substituents is 1. The summed E-state index contributed by atoms with van der Waals surface area (Å²) < 4.78 is 5.03. The summed E-state index contributed by atoms with van der Waals surface area (Å²) in [5.74, 6) is 0.404. The number of methoxy groups -OCH3 is 1. The number of aromatic nitrogens is 2. The minimum absolute atomic E-state index is 0.0462. The van der Waals surface area contributed by atoms with Crippen LogP contribution in [-0.4, -0.2) is 33.8 Å². The van der Waals surface area contributed by atoms with Gasteiger partial charge in [-0.1, -0.05) is 23.9 Å². The van der Waals surface area contributed by atoms with Gasteiger partial charge in [0.15, 0.2) is 16.7 Å². The number of anilines is 1. The number of aromatic amines is 1. The van der Waals surface area contributed by atoms with Crippen LogP contribution in [0.2, 0.25) is 0 Å². The maximum atomic E-state index is 12.6. The lowest BCUT2D eigenvalue weighted by atomic mass is 9.86. The topological polar surface area (TPSA) is 104 Å². The molecule has 0 radical (unpaired) electrons. The first-order chi connectivity index (χ1) is 12.0. The van der Waals surface area contributed by atoms with Crippen LogP contribution in [-0.2, 0) is 4.79 Å². The Balaban J connectivity index is 2.07. The number of amides is 1. The van der Waals surface area contributed by atoms with Crippen LogP contribution in [0.4, 0.5) is 5.82 Å². The second-order valence-corrected chi connectivity index (χ2v) is 6.48. The number of carbonyl (C=O) groups is 1. The highest BCUT2D eigenvalue weighted by Gasteiger charge is 2.31. The standard InChI is InChI=1S/C17H17N3O4S/c1-3-6-25-17-19-15-14(16(23)20-17)10(8-13(22)18-15)9-4-5-12(24-2)11(21)7-9/h3-5,7,10,21H,1,6,8H2,2H3,(H2,18,19,20,22,23). The van der Waals surface area contributed by atoms with Gasteiger partial charge in [-0.2, -0.15) is 0 Å². The highest BCUT2D eigenvalue weighted by atomic mass is 32.2. The third-order valence-corrected chi connectivity index (χ3v) is 4.74. The van der Waals surface area contributed by atoms with E-state index in [4.69, 9.17) is 4.74 Å². The molecule has 1 unspecified atom stereocenters. The van der Waals surface area contributed by atoms with E-state index in [2.05, 4.69) is 21.9 Å². The minimum atomic E-state index is -0.490. The van der Waals surface area contributed by atoms with Crippen LogP contribution < -0.4 is 15.6 Å². The van der Waals surface area contributed by atoms with Gasteiger partial charge in [0, 0.05) is 18.1 Å². The largest absolute Gasteiger partial charge is 0.504 e. The molecule has 1 atom stereocenters. The van der Waals surface area contributed by atoms with Crippen molar-refractivity contribution in [3.8, 4) is 11.5 Å². The fraction of sp³-hybridized carbons (Fsp3) is 0.235. The molecule has 0 saturated heterocycles. The van der Waals surface area contributed by atoms with Crippen molar-refractivity contribution >= 4 is 23.5 Å². The average molecular weight is 359 g/mol. The van der Waals surface area contributed by atoms with E-state index in [1.807, 2.05) is 0 Å². The molecule has 130 valence electrons. The van der Waals surface area contributed by atoms with Gasteiger partial charge < -0.3 is 20.1 Å². The Morgan fingerprint density at radius 3 is 2.96 bits per heavy atom. The maximum Gasteiger partial charge on any atom is 0.257 e. The van der Waals surface area contributed by atoms with Crippen molar-refractivity contribution in [1.29, 1.82) is 0 Å². The number of carbonyl (C=O) groups excluding carboxylic acids is 1. The lowest BCUT2D eigenvalue weighted by Crippen LogP contribution is -2.31. The molecule has 0 spiro atoms. The lowest BCUT2D eigenvalue weighted by molar-refractivity contribution is -0.116. The van der Waals surface area contributed by atoms with Gasteiger partial charge >= 0.3 is 0 Å². The van der Waals surface area contributed by atoms with Crippen LogP contribution in [0, 0.1) is 0 Å². The quantitative estimate of drug-likeness (QED) is 0.430. The summed E-state index contributed by atoms with van der Waals surface area (Å²) in [6.45, 7) is 3.63. The van der Waals surface area contributed by atoms with Crippen LogP contribution in [0.3, 0.4) is 0 Å². The van der Waals surface area contributed by atoms with E-state index >= 15 is 0 Å². The first-order valence-corrected chi connectivity index (χ1v) is 8.56. The number of nitrogens with zero attached hydrogens (tertiary/aromatic N) is 1. The number of H-pyrrole nitrogens is 1. The minimum Gasteiger partial charge on any atom is -0.504 e. The van der Waals surface area contributed by atoms with Gasteiger partial charge in [-0.05, 0) is 17.7 Å². The van der Waals surface area contributed by atoms with Crippen LogP contribution in [0.25, 0.3) is 0 Å². The molecule has 2 aromatic rings. The molecule has 0 saturated carbocycles. The first kappa shape index (κ1) is 17.1. The zero-order valence-electron chi connectivity index (χ0n) is 13.5. The predicted octanol–water partition coefficient (Wildman–Crippen LogP) is 2.24. The Hall–Kier alpha value is -2.74. The van der Waals surface area contributed by atoms with Crippen LogP contribution in [0.1, 0.15) is 23.5 Å². The average Bonchev–Trinajstić information content (AvgIpc) is 2.58. The molecular weight excluding hydrogens is 342 g/mol. The van der Waals surface area contributed by atoms with Gasteiger partial charge in [-0.25, -0.2) is 4.98 Å². The zero-order chi connectivity index (χ0) is 18.0. The normalized spacial score (nSPS) is 16.0. The van der Waals surface area contributed by atoms with Crippen molar-refractivity contribution in [2.24, 2.45) is 0 Å². The number of ether oxygens (including phenoxy) is 1. The number of thioether (sulfide) groups is 1. The second kappa shape index (κ2) is 7.02. The number of fused-ring (bicyclic) bond motifs is 1. The Morgan fingerprint density at radius 1 is 1.48 bits per heavy atom. The summed E-state index contributed by atoms with van der Waals surface area (Å²) in [6.07, 6.45) is 1.80. The number of aromatic hydroxyl groups is 1. The predicted molar refractivity (Wildman–Crippen MR) is 95.5 cm³/mol. The van der Waals surface area contributed by atoms with E-state index < -0.39 is 5.92 Å². The Kier molecular flexibility index (Phi) is 4.80. The molecule has 0 aliphatic carbocycles. The summed E-state index contributed by atoms with van der Waals surface area (Å²) >= 11 is 1.32. The fourth-order valence-electron chi connectivity index (χ4n) is 2.77. The second-order valence-electron chi connectivity index (χ2n) is 5.47. The lowest BCUT2D eigenvalue weighted by Gasteiger charge is -2.24. The van der Waals surface area contributed by atoms with E-state index in [0.29, 0.717) is 27.8 Å². The number of hydrogen-bond acceptors (Lipinski definition) is 6. The van der Waals surface area contributed by atoms with Crippen molar-refractivity contribution in [1.82, 2.24) is 9.97 Å². The van der Waals surface area contributed by atoms with Crippen molar-refractivity contribution in [3.05, 3.63) is 52.3 Å². The first-order valence-electron chi connectivity index (χ1n) is 7.58. The molecule has 0 fully saturated rings. The molecule has 2 heterocycles. The van der Waals surface area contributed by atoms with Crippen LogP contribution >= 0.6 is 11.8 Å². The molecule has 25 heavy (non-hydrogen) atoms. The van der Waals surface area contributed by atoms with Gasteiger partial charge in [0.2, 0.25) is 5.91 Å². The third kappa shape index (κ3) is 3.39. The molecule has 3 rings (SSSR count). The van der Waals surface area contributed by atoms with Gasteiger partial charge in [-0.15, -0.1) is 6.58 Å². The zero-order valence-corrected chi connectivity index (χ0v) is 14.4. The monoisotopic (exact) mass is 359 g/mol. The molecule has 3 N–H and O–H groups in total. The number of nitrogens with one attached hydrogen (secondary N) is 2.